The molecule has 24 heavy (non-hydrogen) atoms. The zero-order chi connectivity index (χ0) is 17.3. The first kappa shape index (κ1) is 15.8. The summed E-state index contributed by atoms with van der Waals surface area (Å²) in [6.07, 6.45) is 1.64. The molecular weight excluding hydrogens is 308 g/mol. The van der Waals surface area contributed by atoms with Crippen LogP contribution in [0.4, 0.5) is 0 Å². The van der Waals surface area contributed by atoms with Crippen molar-refractivity contribution in [2.24, 2.45) is 5.92 Å². The normalized spacial score (nSPS) is 16.0. The van der Waals surface area contributed by atoms with Crippen LogP contribution >= 0.6 is 0 Å². The van der Waals surface area contributed by atoms with Crippen molar-refractivity contribution < 1.29 is 23.9 Å². The van der Waals surface area contributed by atoms with Crippen LogP contribution in [-0.4, -0.2) is 24.1 Å². The van der Waals surface area contributed by atoms with E-state index in [1.807, 2.05) is 0 Å². The van der Waals surface area contributed by atoms with Crippen LogP contribution in [0, 0.1) is 5.92 Å². The molecule has 0 fully saturated rings. The van der Waals surface area contributed by atoms with E-state index >= 15 is 0 Å². The van der Waals surface area contributed by atoms with Gasteiger partial charge in [-0.3, -0.25) is 19.2 Å². The third-order valence-electron chi connectivity index (χ3n) is 4.11. The molecule has 2 aromatic rings. The van der Waals surface area contributed by atoms with E-state index in [2.05, 4.69) is 0 Å². The molecule has 3 rings (SSSR count). The van der Waals surface area contributed by atoms with Crippen LogP contribution in [0.15, 0.2) is 36.4 Å². The Bertz CT molecular complexity index is 866. The third-order valence-corrected chi connectivity index (χ3v) is 4.11. The summed E-state index contributed by atoms with van der Waals surface area (Å²) >= 11 is 0. The Labute approximate surface area is 138 Å². The number of carbonyl (C=O) groups excluding carboxylic acids is 4. The van der Waals surface area contributed by atoms with Gasteiger partial charge in [0.2, 0.25) is 0 Å². The Balaban J connectivity index is 1.92. The maximum Gasteiger partial charge on any atom is 0.174 e. The Hall–Kier alpha value is -3.08. The standard InChI is InChI=1S/C19H14O5/c1-2-15-18(22)16-6-5-14(8-17(16)19(15)23)24-13-4-3-11(9-20)12(7-13)10-21/h3-10,15H,2H2,1H3. The predicted molar refractivity (Wildman–Crippen MR) is 86.2 cm³/mol. The number of aldehydes is 2. The van der Waals surface area contributed by atoms with Crippen LogP contribution in [0.3, 0.4) is 0 Å². The highest BCUT2D eigenvalue weighted by atomic mass is 16.5. The van der Waals surface area contributed by atoms with Gasteiger partial charge in [-0.25, -0.2) is 0 Å². The summed E-state index contributed by atoms with van der Waals surface area (Å²) in [7, 11) is 0. The van der Waals surface area contributed by atoms with Crippen molar-refractivity contribution in [3.05, 3.63) is 58.7 Å². The summed E-state index contributed by atoms with van der Waals surface area (Å²) in [5, 5.41) is 0. The van der Waals surface area contributed by atoms with Gasteiger partial charge in [-0.05, 0) is 42.8 Å². The molecule has 0 radical (unpaired) electrons. The lowest BCUT2D eigenvalue weighted by molar-refractivity contribution is 0.0834. The fourth-order valence-corrected chi connectivity index (χ4v) is 2.83. The van der Waals surface area contributed by atoms with E-state index in [0.717, 1.165) is 0 Å². The third kappa shape index (κ3) is 2.54. The lowest BCUT2D eigenvalue weighted by Gasteiger charge is -2.08. The molecule has 0 saturated carbocycles. The molecule has 0 N–H and O–H groups in total. The van der Waals surface area contributed by atoms with Crippen LogP contribution in [0.5, 0.6) is 11.5 Å². The zero-order valence-corrected chi connectivity index (χ0v) is 12.9. The lowest BCUT2D eigenvalue weighted by atomic mass is 10.0. The molecule has 0 bridgehead atoms. The van der Waals surface area contributed by atoms with Crippen molar-refractivity contribution in [2.45, 2.75) is 13.3 Å². The largest absolute Gasteiger partial charge is 0.457 e. The fraction of sp³-hybridized carbons (Fsp3) is 0.158. The van der Waals surface area contributed by atoms with E-state index in [9.17, 15) is 19.2 Å². The number of carbonyl (C=O) groups is 4. The molecule has 0 aliphatic heterocycles. The Morgan fingerprint density at radius 1 is 0.875 bits per heavy atom. The molecule has 2 aromatic carbocycles. The number of fused-ring (bicyclic) bond motifs is 1. The molecule has 0 aromatic heterocycles. The van der Waals surface area contributed by atoms with Gasteiger partial charge in [0.05, 0.1) is 5.92 Å². The van der Waals surface area contributed by atoms with Crippen LogP contribution < -0.4 is 4.74 Å². The maximum absolute atomic E-state index is 12.3. The van der Waals surface area contributed by atoms with E-state index in [-0.39, 0.29) is 22.7 Å². The second-order valence-corrected chi connectivity index (χ2v) is 5.53. The van der Waals surface area contributed by atoms with Gasteiger partial charge in [0.25, 0.3) is 0 Å². The van der Waals surface area contributed by atoms with Crippen molar-refractivity contribution in [1.82, 2.24) is 0 Å². The highest BCUT2D eigenvalue weighted by Crippen LogP contribution is 2.33. The molecule has 5 heteroatoms. The minimum absolute atomic E-state index is 0.150. The number of ether oxygens (including phenoxy) is 1. The lowest BCUT2D eigenvalue weighted by Crippen LogP contribution is -2.13. The highest BCUT2D eigenvalue weighted by Gasteiger charge is 2.37. The van der Waals surface area contributed by atoms with Crippen molar-refractivity contribution in [3.63, 3.8) is 0 Å². The monoisotopic (exact) mass is 322 g/mol. The minimum Gasteiger partial charge on any atom is -0.457 e. The van der Waals surface area contributed by atoms with Crippen LogP contribution in [0.25, 0.3) is 0 Å². The summed E-state index contributed by atoms with van der Waals surface area (Å²) in [6.45, 7) is 1.80. The summed E-state index contributed by atoms with van der Waals surface area (Å²) in [4.78, 5) is 46.2. The van der Waals surface area contributed by atoms with E-state index in [1.165, 1.54) is 12.1 Å². The summed E-state index contributed by atoms with van der Waals surface area (Å²) in [5.74, 6) is -0.187. The van der Waals surface area contributed by atoms with E-state index in [4.69, 9.17) is 4.74 Å². The number of rotatable bonds is 5. The minimum atomic E-state index is -0.608. The number of benzene rings is 2. The first-order valence-electron chi connectivity index (χ1n) is 7.53. The molecule has 120 valence electrons. The highest BCUT2D eigenvalue weighted by molar-refractivity contribution is 6.26. The van der Waals surface area contributed by atoms with Gasteiger partial charge in [0, 0.05) is 22.3 Å². The van der Waals surface area contributed by atoms with Crippen molar-refractivity contribution >= 4 is 24.1 Å². The molecule has 1 atom stereocenters. The zero-order valence-electron chi connectivity index (χ0n) is 12.9. The quantitative estimate of drug-likeness (QED) is 0.622. The first-order chi connectivity index (χ1) is 11.6. The molecule has 0 spiro atoms. The SMILES string of the molecule is CCC1C(=O)c2ccc(Oc3ccc(C=O)c(C=O)c3)cc2C1=O. The van der Waals surface area contributed by atoms with E-state index in [1.54, 1.807) is 31.2 Å². The first-order valence-corrected chi connectivity index (χ1v) is 7.53. The van der Waals surface area contributed by atoms with Gasteiger partial charge in [0.15, 0.2) is 24.1 Å². The van der Waals surface area contributed by atoms with Gasteiger partial charge in [-0.1, -0.05) is 6.92 Å². The number of Topliss-reactive ketones (excluding diaryl/α,β-unsaturated/α-hetero) is 2. The van der Waals surface area contributed by atoms with Crippen LogP contribution in [-0.2, 0) is 0 Å². The Morgan fingerprint density at radius 2 is 1.50 bits per heavy atom. The van der Waals surface area contributed by atoms with Gasteiger partial charge < -0.3 is 4.74 Å². The average Bonchev–Trinajstić information content (AvgIpc) is 2.84. The second kappa shape index (κ2) is 6.20. The number of hydrogen-bond donors (Lipinski definition) is 0. The topological polar surface area (TPSA) is 77.5 Å². The smallest absolute Gasteiger partial charge is 0.174 e. The predicted octanol–water partition coefficient (Wildman–Crippen LogP) is 3.51. The number of ketones is 2. The molecule has 0 saturated heterocycles. The second-order valence-electron chi connectivity index (χ2n) is 5.53. The van der Waals surface area contributed by atoms with E-state index in [0.29, 0.717) is 41.6 Å². The molecule has 5 nitrogen and oxygen atoms in total. The molecule has 1 aliphatic carbocycles. The summed E-state index contributed by atoms with van der Waals surface area (Å²) in [5.41, 5.74) is 1.28. The molecule has 1 unspecified atom stereocenters. The van der Waals surface area contributed by atoms with E-state index < -0.39 is 5.92 Å². The van der Waals surface area contributed by atoms with Gasteiger partial charge in [-0.15, -0.1) is 0 Å². The van der Waals surface area contributed by atoms with Gasteiger partial charge in [0.1, 0.15) is 11.5 Å². The van der Waals surface area contributed by atoms with Crippen molar-refractivity contribution in [1.29, 1.82) is 0 Å². The molecular formula is C19H14O5. The maximum atomic E-state index is 12.3. The van der Waals surface area contributed by atoms with Gasteiger partial charge in [-0.2, -0.15) is 0 Å². The Morgan fingerprint density at radius 3 is 2.17 bits per heavy atom. The van der Waals surface area contributed by atoms with Crippen LogP contribution in [0.2, 0.25) is 0 Å². The summed E-state index contributed by atoms with van der Waals surface area (Å²) < 4.78 is 5.66. The number of hydrogen-bond acceptors (Lipinski definition) is 5. The van der Waals surface area contributed by atoms with Gasteiger partial charge >= 0.3 is 0 Å². The van der Waals surface area contributed by atoms with Crippen molar-refractivity contribution in [3.8, 4) is 11.5 Å². The summed E-state index contributed by atoms with van der Waals surface area (Å²) in [6, 6.07) is 9.23. The fourth-order valence-electron chi connectivity index (χ4n) is 2.83. The average molecular weight is 322 g/mol. The van der Waals surface area contributed by atoms with Crippen LogP contribution in [0.1, 0.15) is 54.8 Å². The molecule has 1 aliphatic rings. The Kier molecular flexibility index (Phi) is 4.08. The molecule has 0 heterocycles. The van der Waals surface area contributed by atoms with Crippen molar-refractivity contribution in [2.75, 3.05) is 0 Å². The molecule has 0 amide bonds.